The molecule has 1 aliphatic heterocycles. The van der Waals surface area contributed by atoms with Gasteiger partial charge < -0.3 is 10.2 Å². The maximum Gasteiger partial charge on any atom is 0.232 e. The number of thioether (sulfide) groups is 1. The molecule has 1 N–H and O–H groups in total. The predicted octanol–water partition coefficient (Wildman–Crippen LogP) is 1.76. The van der Waals surface area contributed by atoms with Crippen LogP contribution in [0.5, 0.6) is 0 Å². The van der Waals surface area contributed by atoms with Crippen LogP contribution in [0.15, 0.2) is 0 Å². The molecule has 96 valence electrons. The highest BCUT2D eigenvalue weighted by Gasteiger charge is 2.21. The minimum atomic E-state index is 0. The van der Waals surface area contributed by atoms with Crippen LogP contribution >= 0.6 is 24.2 Å². The molecular weight excluding hydrogens is 244 g/mol. The molecular formula is C11H23ClN2OS. The molecule has 0 aromatic carbocycles. The van der Waals surface area contributed by atoms with Crippen molar-refractivity contribution in [2.75, 3.05) is 31.6 Å². The molecule has 0 radical (unpaired) electrons. The van der Waals surface area contributed by atoms with Gasteiger partial charge >= 0.3 is 0 Å². The zero-order valence-electron chi connectivity index (χ0n) is 10.2. The molecule has 1 unspecified atom stereocenters. The average molecular weight is 267 g/mol. The maximum atomic E-state index is 11.8. The van der Waals surface area contributed by atoms with Gasteiger partial charge in [-0.15, -0.1) is 12.4 Å². The zero-order valence-corrected chi connectivity index (χ0v) is 11.8. The first-order valence-electron chi connectivity index (χ1n) is 5.80. The molecule has 0 aromatic heterocycles. The van der Waals surface area contributed by atoms with Gasteiger partial charge in [0.25, 0.3) is 0 Å². The van der Waals surface area contributed by atoms with Crippen molar-refractivity contribution in [1.29, 1.82) is 0 Å². The number of nitrogens with zero attached hydrogens (tertiary/aromatic N) is 1. The molecule has 1 amide bonds. The fourth-order valence-electron chi connectivity index (χ4n) is 1.83. The van der Waals surface area contributed by atoms with Gasteiger partial charge in [-0.3, -0.25) is 4.79 Å². The van der Waals surface area contributed by atoms with Gasteiger partial charge in [0, 0.05) is 19.1 Å². The fourth-order valence-corrected chi connectivity index (χ4v) is 2.62. The number of likely N-dealkylation sites (tertiary alicyclic amines) is 1. The van der Waals surface area contributed by atoms with E-state index >= 15 is 0 Å². The molecule has 1 heterocycles. The van der Waals surface area contributed by atoms with E-state index in [0.29, 0.717) is 17.7 Å². The second-order valence-corrected chi connectivity index (χ2v) is 5.13. The minimum Gasteiger partial charge on any atom is -0.340 e. The molecule has 1 rings (SSSR count). The van der Waals surface area contributed by atoms with E-state index in [2.05, 4.69) is 12.2 Å². The lowest BCUT2D eigenvalue weighted by Crippen LogP contribution is -2.47. The Hall–Kier alpha value is 0.0700. The molecule has 0 spiro atoms. The number of rotatable bonds is 5. The van der Waals surface area contributed by atoms with Crippen molar-refractivity contribution < 1.29 is 4.79 Å². The molecule has 3 nitrogen and oxygen atoms in total. The Morgan fingerprint density at radius 3 is 2.94 bits per heavy atom. The Morgan fingerprint density at radius 1 is 1.56 bits per heavy atom. The van der Waals surface area contributed by atoms with Gasteiger partial charge in [-0.25, -0.2) is 0 Å². The minimum absolute atomic E-state index is 0. The van der Waals surface area contributed by atoms with E-state index in [1.807, 2.05) is 11.9 Å². The largest absolute Gasteiger partial charge is 0.340 e. The molecule has 0 aliphatic carbocycles. The molecule has 5 heteroatoms. The van der Waals surface area contributed by atoms with E-state index in [1.54, 1.807) is 11.8 Å². The van der Waals surface area contributed by atoms with Crippen LogP contribution in [0.25, 0.3) is 0 Å². The first-order chi connectivity index (χ1) is 7.27. The molecule has 1 atom stereocenters. The number of piperidine rings is 1. The molecule has 0 aromatic rings. The van der Waals surface area contributed by atoms with Gasteiger partial charge in [0.1, 0.15) is 0 Å². The van der Waals surface area contributed by atoms with Crippen molar-refractivity contribution in [2.24, 2.45) is 0 Å². The molecule has 16 heavy (non-hydrogen) atoms. The second kappa shape index (κ2) is 9.14. The van der Waals surface area contributed by atoms with Gasteiger partial charge in [0.05, 0.1) is 5.75 Å². The van der Waals surface area contributed by atoms with Crippen LogP contribution in [0.2, 0.25) is 0 Å². The number of carbonyl (C=O) groups excluding carboxylic acids is 1. The lowest BCUT2D eigenvalue weighted by molar-refractivity contribution is -0.129. The number of likely N-dealkylation sites (N-methyl/N-ethyl adjacent to an activating group) is 1. The van der Waals surface area contributed by atoms with E-state index in [4.69, 9.17) is 0 Å². The monoisotopic (exact) mass is 266 g/mol. The van der Waals surface area contributed by atoms with Crippen LogP contribution in [-0.2, 0) is 4.79 Å². The first kappa shape index (κ1) is 16.1. The zero-order chi connectivity index (χ0) is 11.1. The molecule has 1 aliphatic rings. The summed E-state index contributed by atoms with van der Waals surface area (Å²) in [5.41, 5.74) is 0. The highest BCUT2D eigenvalue weighted by molar-refractivity contribution is 7.99. The standard InChI is InChI=1S/C11H22N2OS.ClH/c1-3-7-15-9-11(14)13-6-4-5-10(8-13)12-2;/h10,12H,3-9H2,1-2H3;1H. The summed E-state index contributed by atoms with van der Waals surface area (Å²) >= 11 is 1.75. The van der Waals surface area contributed by atoms with Gasteiger partial charge in [-0.05, 0) is 32.1 Å². The number of hydrogen-bond donors (Lipinski definition) is 1. The Morgan fingerprint density at radius 2 is 2.31 bits per heavy atom. The van der Waals surface area contributed by atoms with Crippen molar-refractivity contribution in [3.63, 3.8) is 0 Å². The van der Waals surface area contributed by atoms with Crippen molar-refractivity contribution >= 4 is 30.1 Å². The lowest BCUT2D eigenvalue weighted by Gasteiger charge is -2.32. The summed E-state index contributed by atoms with van der Waals surface area (Å²) in [6.07, 6.45) is 3.48. The number of hydrogen-bond acceptors (Lipinski definition) is 3. The highest BCUT2D eigenvalue weighted by Crippen LogP contribution is 2.12. The fraction of sp³-hybridized carbons (Fsp3) is 0.909. The van der Waals surface area contributed by atoms with Crippen LogP contribution in [0.1, 0.15) is 26.2 Å². The van der Waals surface area contributed by atoms with E-state index in [0.717, 1.165) is 31.7 Å². The number of carbonyl (C=O) groups is 1. The Labute approximate surface area is 109 Å². The third-order valence-corrected chi connectivity index (χ3v) is 3.90. The predicted molar refractivity (Wildman–Crippen MR) is 73.5 cm³/mol. The number of halogens is 1. The normalized spacial score (nSPS) is 20.4. The van der Waals surface area contributed by atoms with Crippen LogP contribution in [0, 0.1) is 0 Å². The first-order valence-corrected chi connectivity index (χ1v) is 6.96. The van der Waals surface area contributed by atoms with E-state index in [9.17, 15) is 4.79 Å². The summed E-state index contributed by atoms with van der Waals surface area (Å²) in [4.78, 5) is 13.8. The van der Waals surface area contributed by atoms with Crippen molar-refractivity contribution in [2.45, 2.75) is 32.2 Å². The van der Waals surface area contributed by atoms with Gasteiger partial charge in [-0.1, -0.05) is 6.92 Å². The van der Waals surface area contributed by atoms with E-state index in [1.165, 1.54) is 6.42 Å². The molecule has 1 fully saturated rings. The van der Waals surface area contributed by atoms with Gasteiger partial charge in [0.15, 0.2) is 0 Å². The van der Waals surface area contributed by atoms with E-state index < -0.39 is 0 Å². The topological polar surface area (TPSA) is 32.3 Å². The van der Waals surface area contributed by atoms with Crippen molar-refractivity contribution in [3.05, 3.63) is 0 Å². The van der Waals surface area contributed by atoms with Gasteiger partial charge in [0.2, 0.25) is 5.91 Å². The van der Waals surface area contributed by atoms with Crippen LogP contribution in [-0.4, -0.2) is 48.5 Å². The summed E-state index contributed by atoms with van der Waals surface area (Å²) < 4.78 is 0. The van der Waals surface area contributed by atoms with Crippen molar-refractivity contribution in [3.8, 4) is 0 Å². The summed E-state index contributed by atoms with van der Waals surface area (Å²) in [6.45, 7) is 3.99. The van der Waals surface area contributed by atoms with Crippen LogP contribution in [0.4, 0.5) is 0 Å². The third-order valence-electron chi connectivity index (χ3n) is 2.76. The molecule has 1 saturated heterocycles. The summed E-state index contributed by atoms with van der Waals surface area (Å²) in [5, 5.41) is 3.26. The Kier molecular flexibility index (Phi) is 9.18. The summed E-state index contributed by atoms with van der Waals surface area (Å²) in [7, 11) is 1.98. The van der Waals surface area contributed by atoms with Gasteiger partial charge in [-0.2, -0.15) is 11.8 Å². The molecule has 0 saturated carbocycles. The smallest absolute Gasteiger partial charge is 0.232 e. The van der Waals surface area contributed by atoms with Crippen LogP contribution < -0.4 is 5.32 Å². The maximum absolute atomic E-state index is 11.8. The summed E-state index contributed by atoms with van der Waals surface area (Å²) in [5.74, 6) is 2.06. The number of nitrogens with one attached hydrogen (secondary N) is 1. The Balaban J connectivity index is 0.00000225. The number of amides is 1. The van der Waals surface area contributed by atoms with Crippen LogP contribution in [0.3, 0.4) is 0 Å². The third kappa shape index (κ3) is 5.41. The lowest BCUT2D eigenvalue weighted by atomic mass is 10.1. The van der Waals surface area contributed by atoms with Crippen molar-refractivity contribution in [1.82, 2.24) is 10.2 Å². The quantitative estimate of drug-likeness (QED) is 0.770. The second-order valence-electron chi connectivity index (χ2n) is 4.02. The highest BCUT2D eigenvalue weighted by atomic mass is 35.5. The van der Waals surface area contributed by atoms with E-state index in [-0.39, 0.29) is 12.4 Å². The SMILES string of the molecule is CCCSCC(=O)N1CCCC(NC)C1.Cl. The molecule has 0 bridgehead atoms. The summed E-state index contributed by atoms with van der Waals surface area (Å²) in [6, 6.07) is 0.499. The Bertz CT molecular complexity index is 204. The average Bonchev–Trinajstić information content (AvgIpc) is 2.29.